The lowest BCUT2D eigenvalue weighted by molar-refractivity contribution is 0.499. The van der Waals surface area contributed by atoms with Crippen LogP contribution in [-0.4, -0.2) is 0 Å². The number of para-hydroxylation sites is 3. The molecule has 0 fully saturated rings. The maximum Gasteiger partial charge on any atom is 0.143 e. The molecular weight excluding hydrogens is 747 g/mol. The Morgan fingerprint density at radius 1 is 0.393 bits per heavy atom. The quantitative estimate of drug-likeness (QED) is 0.161. The highest BCUT2D eigenvalue weighted by Gasteiger charge is 2.22. The first-order valence-corrected chi connectivity index (χ1v) is 20.7. The summed E-state index contributed by atoms with van der Waals surface area (Å²) in [4.78, 5) is 2.35. The zero-order valence-electron chi connectivity index (χ0n) is 33.1. The van der Waals surface area contributed by atoms with Gasteiger partial charge in [0.15, 0.2) is 0 Å². The zero-order chi connectivity index (χ0) is 40.3. The van der Waals surface area contributed by atoms with Crippen molar-refractivity contribution in [2.24, 2.45) is 0 Å². The summed E-state index contributed by atoms with van der Waals surface area (Å²) in [7, 11) is 0. The number of hydrogen-bond donors (Lipinski definition) is 0. The van der Waals surface area contributed by atoms with Crippen molar-refractivity contribution in [2.75, 3.05) is 4.90 Å². The maximum absolute atomic E-state index is 6.52. The Kier molecular flexibility index (Phi) is 8.20. The van der Waals surface area contributed by atoms with E-state index in [1.807, 2.05) is 42.5 Å². The fourth-order valence-electron chi connectivity index (χ4n) is 9.06. The van der Waals surface area contributed by atoms with E-state index in [9.17, 15) is 0 Å². The Morgan fingerprint density at radius 2 is 1.03 bits per heavy atom. The topological polar surface area (TPSA) is 38.8 Å². The van der Waals surface area contributed by atoms with E-state index in [1.54, 1.807) is 0 Å². The molecule has 3 heterocycles. The largest absolute Gasteiger partial charge is 0.457 e. The lowest BCUT2D eigenvalue weighted by atomic mass is 9.98. The van der Waals surface area contributed by atoms with E-state index in [2.05, 4.69) is 175 Å². The van der Waals surface area contributed by atoms with Crippen molar-refractivity contribution in [1.29, 1.82) is 0 Å². The molecule has 11 aromatic rings. The third-order valence-corrected chi connectivity index (χ3v) is 12.0. The number of ether oxygens (including phenoxy) is 1. The summed E-state index contributed by atoms with van der Waals surface area (Å²) in [6.07, 6.45) is 2.95. The van der Waals surface area contributed by atoms with Crippen LogP contribution in [0.4, 0.5) is 17.1 Å². The van der Waals surface area contributed by atoms with Crippen LogP contribution in [0.25, 0.3) is 83.0 Å². The molecule has 2 aromatic heterocycles. The highest BCUT2D eigenvalue weighted by molar-refractivity contribution is 6.10. The van der Waals surface area contributed by atoms with Crippen molar-refractivity contribution < 1.29 is 13.6 Å². The van der Waals surface area contributed by atoms with Gasteiger partial charge in [0.1, 0.15) is 33.8 Å². The number of fused-ring (bicyclic) bond motifs is 8. The molecule has 0 atom stereocenters. The van der Waals surface area contributed by atoms with Crippen LogP contribution < -0.4 is 9.64 Å². The molecule has 0 N–H and O–H groups in total. The maximum atomic E-state index is 6.52. The first-order valence-electron chi connectivity index (χ1n) is 20.7. The van der Waals surface area contributed by atoms with Crippen LogP contribution in [0.1, 0.15) is 11.1 Å². The van der Waals surface area contributed by atoms with E-state index < -0.39 is 0 Å². The van der Waals surface area contributed by atoms with Gasteiger partial charge in [-0.25, -0.2) is 0 Å². The smallest absolute Gasteiger partial charge is 0.143 e. The van der Waals surface area contributed by atoms with E-state index in [0.717, 1.165) is 123 Å². The van der Waals surface area contributed by atoms with Crippen LogP contribution in [-0.2, 0) is 6.42 Å². The average Bonchev–Trinajstić information content (AvgIpc) is 3.91. The molecule has 4 nitrogen and oxygen atoms in total. The summed E-state index contributed by atoms with van der Waals surface area (Å²) in [6.45, 7) is 0. The van der Waals surface area contributed by atoms with Crippen molar-refractivity contribution in [2.45, 2.75) is 6.42 Å². The summed E-state index contributed by atoms with van der Waals surface area (Å²) in [5, 5.41) is 4.46. The standard InChI is InChI=1S/C57H37NO3/c1-3-12-38(13-4-1)44-16-7-9-20-50(44)58(43-29-24-39(25-30-43)45-18-11-19-47-46-17-8-10-21-52(46)61-57(45)47)42-27-22-37(23-28-42)41-26-31-49-55(36-41)60-54-35-34-53-48(56(49)54)32-33-51(59-53)40-14-5-2-6-15-40/h1-31,33-36H,32H2. The number of hydrogen-bond acceptors (Lipinski definition) is 4. The first kappa shape index (κ1) is 34.9. The minimum Gasteiger partial charge on any atom is -0.457 e. The molecule has 0 saturated carbocycles. The molecule has 4 heteroatoms. The molecule has 0 unspecified atom stereocenters. The molecule has 0 spiro atoms. The van der Waals surface area contributed by atoms with Crippen molar-refractivity contribution in [3.8, 4) is 39.1 Å². The summed E-state index contributed by atoms with van der Waals surface area (Å²) < 4.78 is 19.4. The highest BCUT2D eigenvalue weighted by Crippen LogP contribution is 2.44. The molecule has 1 aliphatic heterocycles. The second kappa shape index (κ2) is 14.3. The second-order valence-corrected chi connectivity index (χ2v) is 15.6. The van der Waals surface area contributed by atoms with Crippen molar-refractivity contribution in [3.05, 3.63) is 223 Å². The van der Waals surface area contributed by atoms with Crippen molar-refractivity contribution >= 4 is 66.7 Å². The fraction of sp³-hybridized carbons (Fsp3) is 0.0175. The van der Waals surface area contributed by atoms with Gasteiger partial charge < -0.3 is 18.5 Å². The third-order valence-electron chi connectivity index (χ3n) is 12.0. The van der Waals surface area contributed by atoms with Gasteiger partial charge in [-0.2, -0.15) is 0 Å². The van der Waals surface area contributed by atoms with E-state index in [-0.39, 0.29) is 0 Å². The number of allylic oxidation sites excluding steroid dienone is 1. The number of furan rings is 2. The predicted molar refractivity (Wildman–Crippen MR) is 251 cm³/mol. The average molecular weight is 784 g/mol. The van der Waals surface area contributed by atoms with Gasteiger partial charge in [-0.3, -0.25) is 0 Å². The normalized spacial score (nSPS) is 12.4. The molecule has 0 amide bonds. The fourth-order valence-corrected chi connectivity index (χ4v) is 9.06. The van der Waals surface area contributed by atoms with Gasteiger partial charge in [0.05, 0.1) is 5.69 Å². The van der Waals surface area contributed by atoms with E-state index >= 15 is 0 Å². The molecule has 9 aromatic carbocycles. The van der Waals surface area contributed by atoms with Crippen LogP contribution in [0, 0.1) is 0 Å². The molecular formula is C57H37NO3. The molecule has 0 radical (unpaired) electrons. The molecule has 12 rings (SSSR count). The Balaban J connectivity index is 0.911. The van der Waals surface area contributed by atoms with Gasteiger partial charge in [-0.05, 0) is 95.4 Å². The molecule has 0 aliphatic carbocycles. The van der Waals surface area contributed by atoms with Gasteiger partial charge in [0.25, 0.3) is 0 Å². The minimum absolute atomic E-state index is 0.777. The van der Waals surface area contributed by atoms with Crippen LogP contribution in [0.15, 0.2) is 221 Å². The predicted octanol–water partition coefficient (Wildman–Crippen LogP) is 15.9. The summed E-state index contributed by atoms with van der Waals surface area (Å²) in [6, 6.07) is 72.4. The Hall–Kier alpha value is -8.08. The van der Waals surface area contributed by atoms with Gasteiger partial charge in [0, 0.05) is 55.2 Å². The number of rotatable bonds is 7. The molecule has 61 heavy (non-hydrogen) atoms. The van der Waals surface area contributed by atoms with Gasteiger partial charge in [-0.15, -0.1) is 0 Å². The minimum atomic E-state index is 0.777. The summed E-state index contributed by atoms with van der Waals surface area (Å²) in [5.74, 6) is 1.77. The Morgan fingerprint density at radius 3 is 1.84 bits per heavy atom. The first-order chi connectivity index (χ1) is 30.2. The Bertz CT molecular complexity index is 3450. The monoisotopic (exact) mass is 783 g/mol. The molecule has 288 valence electrons. The van der Waals surface area contributed by atoms with Gasteiger partial charge in [0.2, 0.25) is 0 Å². The van der Waals surface area contributed by atoms with E-state index in [1.165, 1.54) is 0 Å². The second-order valence-electron chi connectivity index (χ2n) is 15.6. The number of benzene rings is 9. The van der Waals surface area contributed by atoms with E-state index in [4.69, 9.17) is 13.6 Å². The lowest BCUT2D eigenvalue weighted by Crippen LogP contribution is -2.11. The Labute approximate surface area is 352 Å². The van der Waals surface area contributed by atoms with Crippen LogP contribution in [0.5, 0.6) is 5.75 Å². The SMILES string of the molecule is C1=C(c2ccccc2)Oc2ccc3oc4cc(-c5ccc(N(c6ccc(-c7cccc8c7oc7ccccc78)cc6)c6ccccc6-c6ccccc6)cc5)ccc4c3c2C1. The summed E-state index contributed by atoms with van der Waals surface area (Å²) in [5.41, 5.74) is 15.7. The molecule has 0 saturated heterocycles. The number of anilines is 3. The van der Waals surface area contributed by atoms with Crippen LogP contribution in [0.2, 0.25) is 0 Å². The van der Waals surface area contributed by atoms with Gasteiger partial charge >= 0.3 is 0 Å². The summed E-state index contributed by atoms with van der Waals surface area (Å²) >= 11 is 0. The molecule has 1 aliphatic rings. The number of nitrogens with zero attached hydrogens (tertiary/aromatic N) is 1. The van der Waals surface area contributed by atoms with Gasteiger partial charge in [-0.1, -0.05) is 146 Å². The van der Waals surface area contributed by atoms with E-state index in [0.29, 0.717) is 0 Å². The van der Waals surface area contributed by atoms with Crippen molar-refractivity contribution in [1.82, 2.24) is 0 Å². The van der Waals surface area contributed by atoms with Crippen molar-refractivity contribution in [3.63, 3.8) is 0 Å². The highest BCUT2D eigenvalue weighted by atomic mass is 16.5. The molecule has 0 bridgehead atoms. The van der Waals surface area contributed by atoms with Crippen LogP contribution in [0.3, 0.4) is 0 Å². The third kappa shape index (κ3) is 5.99. The van der Waals surface area contributed by atoms with Crippen LogP contribution >= 0.6 is 0 Å². The zero-order valence-corrected chi connectivity index (χ0v) is 33.1. The lowest BCUT2D eigenvalue weighted by Gasteiger charge is -2.28.